The van der Waals surface area contributed by atoms with Crippen LogP contribution in [0, 0.1) is 6.92 Å². The lowest BCUT2D eigenvalue weighted by molar-refractivity contribution is -0.132. The van der Waals surface area contributed by atoms with Gasteiger partial charge in [-0.2, -0.15) is 0 Å². The molecule has 1 aromatic carbocycles. The highest BCUT2D eigenvalue weighted by Gasteiger charge is 2.24. The van der Waals surface area contributed by atoms with Crippen LogP contribution in [0.4, 0.5) is 0 Å². The fourth-order valence-electron chi connectivity index (χ4n) is 4.24. The third kappa shape index (κ3) is 5.01. The van der Waals surface area contributed by atoms with E-state index in [0.717, 1.165) is 37.0 Å². The Hall–Kier alpha value is -3.39. The number of nitrogens with zero attached hydrogens (tertiary/aromatic N) is 3. The summed E-state index contributed by atoms with van der Waals surface area (Å²) in [5.74, 6) is 0.972. The molecule has 3 heterocycles. The standard InChI is InChI=1S/C25H29N3O5/c1-17-19-14-22(31-2)23(32-3)16-21(19)33-25(30)20(17)15-24(29)28-12-10-27(11-13-28)9-6-18-4-7-26-8-5-18/h4-5,7-8,14,16H,6,9-13,15H2,1-3H3. The Labute approximate surface area is 192 Å². The first kappa shape index (κ1) is 22.8. The van der Waals surface area contributed by atoms with E-state index >= 15 is 0 Å². The number of aromatic nitrogens is 1. The number of carbonyl (C=O) groups is 1. The van der Waals surface area contributed by atoms with Gasteiger partial charge in [0.2, 0.25) is 5.91 Å². The summed E-state index contributed by atoms with van der Waals surface area (Å²) in [4.78, 5) is 33.9. The molecule has 4 rings (SSSR count). The van der Waals surface area contributed by atoms with Gasteiger partial charge >= 0.3 is 5.63 Å². The van der Waals surface area contributed by atoms with E-state index in [1.165, 1.54) is 12.7 Å². The van der Waals surface area contributed by atoms with Crippen LogP contribution in [0.25, 0.3) is 11.0 Å². The van der Waals surface area contributed by atoms with Crippen LogP contribution in [0.3, 0.4) is 0 Å². The molecule has 3 aromatic rings. The molecule has 0 saturated carbocycles. The van der Waals surface area contributed by atoms with Crippen LogP contribution >= 0.6 is 0 Å². The Balaban J connectivity index is 1.42. The fourth-order valence-corrected chi connectivity index (χ4v) is 4.24. The maximum Gasteiger partial charge on any atom is 0.340 e. The average Bonchev–Trinajstić information content (AvgIpc) is 2.85. The number of benzene rings is 1. The number of methoxy groups -OCH3 is 2. The largest absolute Gasteiger partial charge is 0.493 e. The van der Waals surface area contributed by atoms with Crippen molar-refractivity contribution in [2.24, 2.45) is 0 Å². The number of hydrogen-bond donors (Lipinski definition) is 0. The molecule has 0 bridgehead atoms. The van der Waals surface area contributed by atoms with Crippen LogP contribution in [0.1, 0.15) is 16.7 Å². The van der Waals surface area contributed by atoms with Gasteiger partial charge in [0.1, 0.15) is 5.58 Å². The van der Waals surface area contributed by atoms with Crippen LogP contribution in [0.5, 0.6) is 11.5 Å². The minimum absolute atomic E-state index is 0.0233. The van der Waals surface area contributed by atoms with Crippen LogP contribution in [0.15, 0.2) is 45.9 Å². The molecular formula is C25H29N3O5. The molecule has 8 nitrogen and oxygen atoms in total. The van der Waals surface area contributed by atoms with Gasteiger partial charge in [-0.15, -0.1) is 0 Å². The second-order valence-electron chi connectivity index (χ2n) is 8.20. The third-order valence-electron chi connectivity index (χ3n) is 6.31. The lowest BCUT2D eigenvalue weighted by atomic mass is 10.0. The monoisotopic (exact) mass is 451 g/mol. The summed E-state index contributed by atoms with van der Waals surface area (Å²) < 4.78 is 16.2. The smallest absolute Gasteiger partial charge is 0.340 e. The van der Waals surface area contributed by atoms with E-state index in [9.17, 15) is 9.59 Å². The van der Waals surface area contributed by atoms with E-state index in [2.05, 4.69) is 9.88 Å². The van der Waals surface area contributed by atoms with Gasteiger partial charge in [-0.25, -0.2) is 4.79 Å². The molecule has 174 valence electrons. The van der Waals surface area contributed by atoms with Gasteiger partial charge in [-0.3, -0.25) is 14.7 Å². The zero-order valence-electron chi connectivity index (χ0n) is 19.3. The normalized spacial score (nSPS) is 14.5. The molecule has 0 atom stereocenters. The molecule has 8 heteroatoms. The molecule has 33 heavy (non-hydrogen) atoms. The summed E-state index contributed by atoms with van der Waals surface area (Å²) >= 11 is 0. The summed E-state index contributed by atoms with van der Waals surface area (Å²) in [6.45, 7) is 5.73. The lowest BCUT2D eigenvalue weighted by Gasteiger charge is -2.34. The molecule has 1 fully saturated rings. The van der Waals surface area contributed by atoms with Gasteiger partial charge < -0.3 is 18.8 Å². The number of hydrogen-bond acceptors (Lipinski definition) is 7. The zero-order valence-corrected chi connectivity index (χ0v) is 19.3. The Bertz CT molecular complexity index is 1180. The lowest BCUT2D eigenvalue weighted by Crippen LogP contribution is -2.49. The molecule has 0 spiro atoms. The maximum absolute atomic E-state index is 13.0. The van der Waals surface area contributed by atoms with Gasteiger partial charge in [0.05, 0.1) is 26.2 Å². The number of pyridine rings is 1. The molecule has 1 aliphatic rings. The van der Waals surface area contributed by atoms with E-state index in [0.29, 0.717) is 35.7 Å². The van der Waals surface area contributed by atoms with E-state index in [4.69, 9.17) is 13.9 Å². The van der Waals surface area contributed by atoms with Gasteiger partial charge in [-0.05, 0) is 42.7 Å². The summed E-state index contributed by atoms with van der Waals surface area (Å²) in [5.41, 5.74) is 2.30. The van der Waals surface area contributed by atoms with Gasteiger partial charge in [-0.1, -0.05) is 0 Å². The Morgan fingerprint density at radius 3 is 2.39 bits per heavy atom. The number of piperazine rings is 1. The molecular weight excluding hydrogens is 422 g/mol. The number of fused-ring (bicyclic) bond motifs is 1. The highest BCUT2D eigenvalue weighted by Crippen LogP contribution is 2.33. The predicted octanol–water partition coefficient (Wildman–Crippen LogP) is 2.44. The minimum atomic E-state index is -0.489. The van der Waals surface area contributed by atoms with Crippen LogP contribution in [-0.4, -0.2) is 67.6 Å². The second kappa shape index (κ2) is 10.0. The topological polar surface area (TPSA) is 85.1 Å². The van der Waals surface area contributed by atoms with E-state index in [-0.39, 0.29) is 12.3 Å². The van der Waals surface area contributed by atoms with Crippen molar-refractivity contribution in [3.8, 4) is 11.5 Å². The van der Waals surface area contributed by atoms with E-state index < -0.39 is 5.63 Å². The van der Waals surface area contributed by atoms with Gasteiger partial charge in [0.15, 0.2) is 11.5 Å². The molecule has 0 unspecified atom stereocenters. The quantitative estimate of drug-likeness (QED) is 0.510. The van der Waals surface area contributed by atoms with Gasteiger partial charge in [0.25, 0.3) is 0 Å². The summed E-state index contributed by atoms with van der Waals surface area (Å²) in [6.07, 6.45) is 4.60. The fraction of sp³-hybridized carbons (Fsp3) is 0.400. The Morgan fingerprint density at radius 1 is 1.06 bits per heavy atom. The van der Waals surface area contributed by atoms with Crippen molar-refractivity contribution < 1.29 is 18.7 Å². The van der Waals surface area contributed by atoms with E-state index in [1.54, 1.807) is 19.2 Å². The van der Waals surface area contributed by atoms with Crippen LogP contribution in [0.2, 0.25) is 0 Å². The summed E-state index contributed by atoms with van der Waals surface area (Å²) in [6, 6.07) is 7.48. The van der Waals surface area contributed by atoms with Crippen LogP contribution < -0.4 is 15.1 Å². The molecule has 0 radical (unpaired) electrons. The minimum Gasteiger partial charge on any atom is -0.493 e. The number of amides is 1. The number of rotatable bonds is 7. The first-order valence-electron chi connectivity index (χ1n) is 11.1. The maximum atomic E-state index is 13.0. The van der Waals surface area contributed by atoms with Crippen molar-refractivity contribution in [1.29, 1.82) is 0 Å². The van der Waals surface area contributed by atoms with Crippen molar-refractivity contribution in [1.82, 2.24) is 14.8 Å². The zero-order chi connectivity index (χ0) is 23.4. The van der Waals surface area contributed by atoms with Crippen molar-refractivity contribution in [3.05, 3.63) is 63.8 Å². The Morgan fingerprint density at radius 2 is 1.73 bits per heavy atom. The SMILES string of the molecule is COc1cc2oc(=O)c(CC(=O)N3CCN(CCc4ccncc4)CC3)c(C)c2cc1OC. The highest BCUT2D eigenvalue weighted by atomic mass is 16.5. The number of ether oxygens (including phenoxy) is 2. The molecule has 0 N–H and O–H groups in total. The van der Waals surface area contributed by atoms with Crippen molar-refractivity contribution in [2.75, 3.05) is 46.9 Å². The van der Waals surface area contributed by atoms with Crippen molar-refractivity contribution in [2.45, 2.75) is 19.8 Å². The van der Waals surface area contributed by atoms with Crippen molar-refractivity contribution >= 4 is 16.9 Å². The Kier molecular flexibility index (Phi) is 6.93. The van der Waals surface area contributed by atoms with Crippen LogP contribution in [-0.2, 0) is 17.6 Å². The van der Waals surface area contributed by atoms with E-state index in [1.807, 2.05) is 36.4 Å². The number of aryl methyl sites for hydroxylation is 1. The van der Waals surface area contributed by atoms with Gasteiger partial charge in [0, 0.05) is 56.6 Å². The molecule has 0 aliphatic carbocycles. The first-order valence-corrected chi connectivity index (χ1v) is 11.1. The highest BCUT2D eigenvalue weighted by molar-refractivity contribution is 5.87. The summed E-state index contributed by atoms with van der Waals surface area (Å²) in [5, 5.41) is 0.732. The molecule has 2 aromatic heterocycles. The predicted molar refractivity (Wildman–Crippen MR) is 125 cm³/mol. The summed E-state index contributed by atoms with van der Waals surface area (Å²) in [7, 11) is 3.08. The molecule has 1 amide bonds. The van der Waals surface area contributed by atoms with Crippen molar-refractivity contribution in [3.63, 3.8) is 0 Å². The first-order chi connectivity index (χ1) is 16.0. The second-order valence-corrected chi connectivity index (χ2v) is 8.20. The molecule has 1 aliphatic heterocycles. The average molecular weight is 452 g/mol. The number of carbonyl (C=O) groups excluding carboxylic acids is 1. The molecule has 1 saturated heterocycles. The third-order valence-corrected chi connectivity index (χ3v) is 6.31.